The van der Waals surface area contributed by atoms with Gasteiger partial charge in [0.15, 0.2) is 0 Å². The molecule has 1 aliphatic heterocycles. The predicted molar refractivity (Wildman–Crippen MR) is 74.0 cm³/mol. The zero-order valence-corrected chi connectivity index (χ0v) is 12.0. The third kappa shape index (κ3) is 2.79. The van der Waals surface area contributed by atoms with Gasteiger partial charge in [-0.25, -0.2) is 0 Å². The van der Waals surface area contributed by atoms with Crippen LogP contribution in [0.5, 0.6) is 0 Å². The summed E-state index contributed by atoms with van der Waals surface area (Å²) in [7, 11) is 0. The molecular weight excluding hydrogens is 271 g/mol. The van der Waals surface area contributed by atoms with Crippen molar-refractivity contribution < 1.29 is 4.79 Å². The lowest BCUT2D eigenvalue weighted by atomic mass is 10.0. The maximum atomic E-state index is 12.2. The van der Waals surface area contributed by atoms with Gasteiger partial charge in [-0.2, -0.15) is 0 Å². The molecule has 2 rings (SSSR count). The molecule has 1 saturated heterocycles. The molecule has 1 aromatic rings. The zero-order chi connectivity index (χ0) is 13.3. The lowest BCUT2D eigenvalue weighted by Crippen LogP contribution is -2.60. The van der Waals surface area contributed by atoms with Crippen molar-refractivity contribution in [2.24, 2.45) is 0 Å². The first kappa shape index (κ1) is 13.7. The Morgan fingerprint density at radius 3 is 2.72 bits per heavy atom. The van der Waals surface area contributed by atoms with Gasteiger partial charge in [-0.1, -0.05) is 29.3 Å². The number of carbonyl (C=O) groups is 1. The van der Waals surface area contributed by atoms with Crippen molar-refractivity contribution in [2.75, 3.05) is 13.1 Å². The largest absolute Gasteiger partial charge is 0.336 e. The Labute approximate surface area is 117 Å². The first-order valence-corrected chi connectivity index (χ1v) is 6.64. The average Bonchev–Trinajstić information content (AvgIpc) is 2.30. The normalized spacial score (nSPS) is 19.1. The summed E-state index contributed by atoms with van der Waals surface area (Å²) in [6.45, 7) is 5.88. The number of benzene rings is 1. The summed E-state index contributed by atoms with van der Waals surface area (Å²) < 4.78 is 0. The lowest BCUT2D eigenvalue weighted by Gasteiger charge is -2.38. The highest BCUT2D eigenvalue weighted by Crippen LogP contribution is 2.24. The van der Waals surface area contributed by atoms with E-state index in [-0.39, 0.29) is 5.91 Å². The van der Waals surface area contributed by atoms with E-state index in [1.807, 2.05) is 30.9 Å². The van der Waals surface area contributed by atoms with Crippen LogP contribution >= 0.6 is 23.2 Å². The summed E-state index contributed by atoms with van der Waals surface area (Å²) in [6, 6.07) is 5.47. The second-order valence-corrected chi connectivity index (χ2v) is 5.84. The van der Waals surface area contributed by atoms with Crippen LogP contribution in [0.4, 0.5) is 0 Å². The topological polar surface area (TPSA) is 32.3 Å². The first-order valence-electron chi connectivity index (χ1n) is 5.88. The van der Waals surface area contributed by atoms with Crippen LogP contribution in [0, 0.1) is 0 Å². The van der Waals surface area contributed by atoms with E-state index in [1.165, 1.54) is 0 Å². The van der Waals surface area contributed by atoms with E-state index < -0.39 is 5.54 Å². The van der Waals surface area contributed by atoms with Gasteiger partial charge >= 0.3 is 0 Å². The van der Waals surface area contributed by atoms with Crippen molar-refractivity contribution >= 4 is 29.1 Å². The van der Waals surface area contributed by atoms with Crippen LogP contribution < -0.4 is 5.32 Å². The Bertz CT molecular complexity index is 474. The van der Waals surface area contributed by atoms with E-state index in [4.69, 9.17) is 23.2 Å². The molecule has 0 aliphatic carbocycles. The molecular formula is C13H16Cl2N2O. The lowest BCUT2D eigenvalue weighted by molar-refractivity contribution is -0.140. The van der Waals surface area contributed by atoms with Gasteiger partial charge in [0.2, 0.25) is 5.91 Å². The van der Waals surface area contributed by atoms with Crippen molar-refractivity contribution in [1.29, 1.82) is 0 Å². The molecule has 0 saturated carbocycles. The second-order valence-electron chi connectivity index (χ2n) is 5.03. The summed E-state index contributed by atoms with van der Waals surface area (Å²) in [4.78, 5) is 14.1. The quantitative estimate of drug-likeness (QED) is 0.907. The van der Waals surface area contributed by atoms with Crippen LogP contribution in [0.2, 0.25) is 10.0 Å². The van der Waals surface area contributed by atoms with Gasteiger partial charge in [-0.05, 0) is 31.5 Å². The fourth-order valence-electron chi connectivity index (χ4n) is 2.09. The fraction of sp³-hybridized carbons (Fsp3) is 0.462. The molecule has 1 fully saturated rings. The average molecular weight is 287 g/mol. The highest BCUT2D eigenvalue weighted by atomic mass is 35.5. The monoisotopic (exact) mass is 286 g/mol. The van der Waals surface area contributed by atoms with Crippen LogP contribution in [0.15, 0.2) is 18.2 Å². The van der Waals surface area contributed by atoms with Gasteiger partial charge < -0.3 is 10.2 Å². The standard InChI is InChI=1S/C13H16Cl2N2O/c1-13(2)12(18)17(6-5-16-13)8-9-3-4-10(14)11(15)7-9/h3-4,7,16H,5-6,8H2,1-2H3. The van der Waals surface area contributed by atoms with Gasteiger partial charge in [0.05, 0.1) is 15.6 Å². The molecule has 0 aromatic heterocycles. The van der Waals surface area contributed by atoms with Gasteiger partial charge in [0.1, 0.15) is 0 Å². The summed E-state index contributed by atoms with van der Waals surface area (Å²) in [6.07, 6.45) is 0. The molecule has 0 bridgehead atoms. The minimum Gasteiger partial charge on any atom is -0.336 e. The van der Waals surface area contributed by atoms with E-state index in [0.717, 1.165) is 12.1 Å². The highest BCUT2D eigenvalue weighted by molar-refractivity contribution is 6.42. The van der Waals surface area contributed by atoms with Crippen molar-refractivity contribution in [3.8, 4) is 0 Å². The smallest absolute Gasteiger partial charge is 0.242 e. The number of amides is 1. The van der Waals surface area contributed by atoms with Crippen molar-refractivity contribution in [3.05, 3.63) is 33.8 Å². The van der Waals surface area contributed by atoms with Crippen LogP contribution in [0.25, 0.3) is 0 Å². The molecule has 1 aliphatic rings. The molecule has 18 heavy (non-hydrogen) atoms. The van der Waals surface area contributed by atoms with Crippen molar-refractivity contribution in [1.82, 2.24) is 10.2 Å². The van der Waals surface area contributed by atoms with Crippen LogP contribution in [-0.2, 0) is 11.3 Å². The van der Waals surface area contributed by atoms with Gasteiger partial charge in [0.25, 0.3) is 0 Å². The Morgan fingerprint density at radius 2 is 2.06 bits per heavy atom. The first-order chi connectivity index (χ1) is 8.40. The number of rotatable bonds is 2. The Hall–Kier alpha value is -0.770. The number of hydrogen-bond acceptors (Lipinski definition) is 2. The Kier molecular flexibility index (Phi) is 3.85. The summed E-state index contributed by atoms with van der Waals surface area (Å²) in [5, 5.41) is 4.26. The van der Waals surface area contributed by atoms with Crippen molar-refractivity contribution in [3.63, 3.8) is 0 Å². The van der Waals surface area contributed by atoms with E-state index in [0.29, 0.717) is 23.1 Å². The maximum absolute atomic E-state index is 12.2. The second kappa shape index (κ2) is 5.08. The molecule has 0 atom stereocenters. The Balaban J connectivity index is 2.13. The number of halogens is 2. The third-order valence-corrected chi connectivity index (χ3v) is 3.87. The number of hydrogen-bond donors (Lipinski definition) is 1. The molecule has 1 aromatic carbocycles. The van der Waals surface area contributed by atoms with Crippen molar-refractivity contribution in [2.45, 2.75) is 25.9 Å². The summed E-state index contributed by atoms with van der Waals surface area (Å²) in [5.41, 5.74) is 0.504. The molecule has 1 N–H and O–H groups in total. The molecule has 0 unspecified atom stereocenters. The SMILES string of the molecule is CC1(C)NCCN(Cc2ccc(Cl)c(Cl)c2)C1=O. The van der Waals surface area contributed by atoms with Crippen LogP contribution in [0.3, 0.4) is 0 Å². The number of piperazine rings is 1. The molecule has 0 radical (unpaired) electrons. The van der Waals surface area contributed by atoms with E-state index in [2.05, 4.69) is 5.32 Å². The van der Waals surface area contributed by atoms with Gasteiger partial charge in [-0.3, -0.25) is 4.79 Å². The van der Waals surface area contributed by atoms with Gasteiger partial charge in [0, 0.05) is 19.6 Å². The summed E-state index contributed by atoms with van der Waals surface area (Å²) >= 11 is 11.9. The zero-order valence-electron chi connectivity index (χ0n) is 10.5. The van der Waals surface area contributed by atoms with Crippen LogP contribution in [-0.4, -0.2) is 29.4 Å². The van der Waals surface area contributed by atoms with E-state index in [1.54, 1.807) is 6.07 Å². The highest BCUT2D eigenvalue weighted by Gasteiger charge is 2.34. The van der Waals surface area contributed by atoms with E-state index >= 15 is 0 Å². The molecule has 1 heterocycles. The predicted octanol–water partition coefficient (Wildman–Crippen LogP) is 2.70. The maximum Gasteiger partial charge on any atom is 0.242 e. The number of nitrogens with one attached hydrogen (secondary N) is 1. The summed E-state index contributed by atoms with van der Waals surface area (Å²) in [5.74, 6) is 0.111. The molecule has 0 spiro atoms. The molecule has 5 heteroatoms. The molecule has 3 nitrogen and oxygen atoms in total. The number of nitrogens with zero attached hydrogens (tertiary/aromatic N) is 1. The molecule has 1 amide bonds. The number of carbonyl (C=O) groups excluding carboxylic acids is 1. The third-order valence-electron chi connectivity index (χ3n) is 3.13. The Morgan fingerprint density at radius 1 is 1.33 bits per heavy atom. The molecule has 98 valence electrons. The minimum atomic E-state index is -0.492. The minimum absolute atomic E-state index is 0.111. The van der Waals surface area contributed by atoms with E-state index in [9.17, 15) is 4.79 Å². The van der Waals surface area contributed by atoms with Crippen LogP contribution in [0.1, 0.15) is 19.4 Å². The fourth-order valence-corrected chi connectivity index (χ4v) is 2.41. The van der Waals surface area contributed by atoms with Gasteiger partial charge in [-0.15, -0.1) is 0 Å².